The largest absolute Gasteiger partial charge is 0.497 e. The first-order valence-electron chi connectivity index (χ1n) is 7.00. The average Bonchev–Trinajstić information content (AvgIpc) is 2.79. The summed E-state index contributed by atoms with van der Waals surface area (Å²) in [7, 11) is 1.71. The fourth-order valence-corrected chi connectivity index (χ4v) is 2.70. The van der Waals surface area contributed by atoms with Gasteiger partial charge in [0.25, 0.3) is 0 Å². The number of ether oxygens (including phenoxy) is 1. The molecule has 0 unspecified atom stereocenters. The van der Waals surface area contributed by atoms with E-state index in [0.717, 1.165) is 30.1 Å². The van der Waals surface area contributed by atoms with Gasteiger partial charge < -0.3 is 10.1 Å². The Hall–Kier alpha value is -1.97. The summed E-state index contributed by atoms with van der Waals surface area (Å²) in [4.78, 5) is 0. The molecule has 0 saturated heterocycles. The van der Waals surface area contributed by atoms with Crippen molar-refractivity contribution in [3.8, 4) is 17.0 Å². The van der Waals surface area contributed by atoms with Crippen LogP contribution in [0.25, 0.3) is 11.3 Å². The zero-order valence-corrected chi connectivity index (χ0v) is 12.5. The van der Waals surface area contributed by atoms with Crippen LogP contribution in [0.2, 0.25) is 0 Å². The van der Waals surface area contributed by atoms with Crippen LogP contribution < -0.4 is 10.1 Å². The predicted molar refractivity (Wildman–Crippen MR) is 81.4 cm³/mol. The van der Waals surface area contributed by atoms with Gasteiger partial charge in [0, 0.05) is 16.7 Å². The SMILES string of the molecule is COc1ccc2c(c1)CCc1c(NC(C)(C)C)n[nH]c1-2. The van der Waals surface area contributed by atoms with Gasteiger partial charge in [0.15, 0.2) is 5.82 Å². The zero-order chi connectivity index (χ0) is 14.3. The molecule has 2 N–H and O–H groups in total. The van der Waals surface area contributed by atoms with Crippen LogP contribution in [0.3, 0.4) is 0 Å². The van der Waals surface area contributed by atoms with E-state index in [2.05, 4.69) is 48.4 Å². The molecule has 0 aliphatic heterocycles. The second-order valence-electron chi connectivity index (χ2n) is 6.32. The topological polar surface area (TPSA) is 49.9 Å². The van der Waals surface area contributed by atoms with Crippen molar-refractivity contribution < 1.29 is 4.74 Å². The van der Waals surface area contributed by atoms with Crippen LogP contribution in [0, 0.1) is 0 Å². The van der Waals surface area contributed by atoms with Gasteiger partial charge in [0.1, 0.15) is 5.75 Å². The van der Waals surface area contributed by atoms with E-state index in [-0.39, 0.29) is 5.54 Å². The Balaban J connectivity index is 2.01. The molecular weight excluding hydrogens is 250 g/mol. The van der Waals surface area contributed by atoms with Gasteiger partial charge in [-0.3, -0.25) is 5.10 Å². The van der Waals surface area contributed by atoms with Crippen molar-refractivity contribution in [2.24, 2.45) is 0 Å². The zero-order valence-electron chi connectivity index (χ0n) is 12.5. The van der Waals surface area contributed by atoms with E-state index in [0.29, 0.717) is 0 Å². The molecule has 0 bridgehead atoms. The number of rotatable bonds is 2. The number of aromatic amines is 1. The highest BCUT2D eigenvalue weighted by Gasteiger charge is 2.24. The monoisotopic (exact) mass is 271 g/mol. The highest BCUT2D eigenvalue weighted by molar-refractivity contribution is 5.75. The molecule has 4 nitrogen and oxygen atoms in total. The predicted octanol–water partition coefficient (Wildman–Crippen LogP) is 3.39. The van der Waals surface area contributed by atoms with Crippen LogP contribution >= 0.6 is 0 Å². The normalized spacial score (nSPS) is 13.6. The Kier molecular flexibility index (Phi) is 2.96. The maximum absolute atomic E-state index is 5.30. The highest BCUT2D eigenvalue weighted by atomic mass is 16.5. The van der Waals surface area contributed by atoms with Crippen LogP contribution in [0.15, 0.2) is 18.2 Å². The van der Waals surface area contributed by atoms with Gasteiger partial charge in [-0.15, -0.1) is 0 Å². The average molecular weight is 271 g/mol. The number of aryl methyl sites for hydroxylation is 1. The summed E-state index contributed by atoms with van der Waals surface area (Å²) in [5, 5.41) is 11.1. The quantitative estimate of drug-likeness (QED) is 0.880. The third kappa shape index (κ3) is 2.26. The molecule has 2 aromatic rings. The van der Waals surface area contributed by atoms with Crippen LogP contribution in [-0.4, -0.2) is 22.8 Å². The molecule has 0 fully saturated rings. The van der Waals surface area contributed by atoms with Gasteiger partial charge in [-0.25, -0.2) is 0 Å². The van der Waals surface area contributed by atoms with Crippen molar-refractivity contribution >= 4 is 5.82 Å². The fourth-order valence-electron chi connectivity index (χ4n) is 2.70. The third-order valence-electron chi connectivity index (χ3n) is 3.59. The van der Waals surface area contributed by atoms with E-state index in [1.807, 2.05) is 6.07 Å². The number of nitrogens with zero attached hydrogens (tertiary/aromatic N) is 1. The van der Waals surface area contributed by atoms with E-state index in [1.165, 1.54) is 16.7 Å². The van der Waals surface area contributed by atoms with Gasteiger partial charge >= 0.3 is 0 Å². The summed E-state index contributed by atoms with van der Waals surface area (Å²) >= 11 is 0. The summed E-state index contributed by atoms with van der Waals surface area (Å²) in [5.41, 5.74) is 5.01. The minimum Gasteiger partial charge on any atom is -0.497 e. The lowest BCUT2D eigenvalue weighted by Gasteiger charge is -2.23. The minimum absolute atomic E-state index is 0.0170. The molecule has 1 heterocycles. The first-order chi connectivity index (χ1) is 9.48. The van der Waals surface area contributed by atoms with Crippen LogP contribution in [0.5, 0.6) is 5.75 Å². The number of nitrogens with one attached hydrogen (secondary N) is 2. The first kappa shape index (κ1) is 13.0. The third-order valence-corrected chi connectivity index (χ3v) is 3.59. The molecule has 0 radical (unpaired) electrons. The molecule has 20 heavy (non-hydrogen) atoms. The molecule has 0 saturated carbocycles. The molecule has 1 aliphatic carbocycles. The van der Waals surface area contributed by atoms with Crippen molar-refractivity contribution in [1.29, 1.82) is 0 Å². The Morgan fingerprint density at radius 2 is 2.05 bits per heavy atom. The molecule has 0 amide bonds. The van der Waals surface area contributed by atoms with Gasteiger partial charge in [0.2, 0.25) is 0 Å². The van der Waals surface area contributed by atoms with E-state index >= 15 is 0 Å². The summed E-state index contributed by atoms with van der Waals surface area (Å²) in [5.74, 6) is 1.90. The lowest BCUT2D eigenvalue weighted by molar-refractivity contribution is 0.414. The standard InChI is InChI=1S/C16H21N3O/c1-16(2,3)17-15-13-7-5-10-9-11(20-4)6-8-12(10)14(13)18-19-15/h6,8-9H,5,7H2,1-4H3,(H2,17,18,19). The molecule has 1 aromatic carbocycles. The highest BCUT2D eigenvalue weighted by Crippen LogP contribution is 2.37. The molecule has 1 aromatic heterocycles. The maximum atomic E-state index is 5.30. The maximum Gasteiger partial charge on any atom is 0.152 e. The van der Waals surface area contributed by atoms with Gasteiger partial charge in [0.05, 0.1) is 12.8 Å². The summed E-state index contributed by atoms with van der Waals surface area (Å²) in [6.07, 6.45) is 2.03. The first-order valence-corrected chi connectivity index (χ1v) is 7.00. The van der Waals surface area contributed by atoms with Gasteiger partial charge in [-0.05, 0) is 57.4 Å². The summed E-state index contributed by atoms with van der Waals surface area (Å²) in [6, 6.07) is 6.24. The van der Waals surface area contributed by atoms with E-state index in [9.17, 15) is 0 Å². The van der Waals surface area contributed by atoms with Gasteiger partial charge in [-0.2, -0.15) is 5.10 Å². The fraction of sp³-hybridized carbons (Fsp3) is 0.438. The smallest absolute Gasteiger partial charge is 0.152 e. The second kappa shape index (κ2) is 4.54. The number of H-pyrrole nitrogens is 1. The number of benzene rings is 1. The number of methoxy groups -OCH3 is 1. The van der Waals surface area contributed by atoms with Crippen molar-refractivity contribution in [2.45, 2.75) is 39.2 Å². The van der Waals surface area contributed by atoms with Crippen molar-refractivity contribution in [1.82, 2.24) is 10.2 Å². The number of anilines is 1. The van der Waals surface area contributed by atoms with E-state index < -0.39 is 0 Å². The Labute approximate surface area is 119 Å². The lowest BCUT2D eigenvalue weighted by atomic mass is 9.89. The van der Waals surface area contributed by atoms with Crippen LogP contribution in [0.4, 0.5) is 5.82 Å². The molecule has 4 heteroatoms. The Bertz CT molecular complexity index is 638. The van der Waals surface area contributed by atoms with E-state index in [4.69, 9.17) is 4.74 Å². The van der Waals surface area contributed by atoms with Crippen molar-refractivity contribution in [3.05, 3.63) is 29.3 Å². The lowest BCUT2D eigenvalue weighted by Crippen LogP contribution is -2.27. The van der Waals surface area contributed by atoms with Gasteiger partial charge in [-0.1, -0.05) is 0 Å². The van der Waals surface area contributed by atoms with E-state index in [1.54, 1.807) is 7.11 Å². The molecular formula is C16H21N3O. The Morgan fingerprint density at radius 3 is 2.75 bits per heavy atom. The van der Waals surface area contributed by atoms with Crippen molar-refractivity contribution in [2.75, 3.05) is 12.4 Å². The molecule has 1 aliphatic rings. The molecule has 3 rings (SSSR count). The number of aromatic nitrogens is 2. The number of hydrogen-bond donors (Lipinski definition) is 2. The number of hydrogen-bond acceptors (Lipinski definition) is 3. The Morgan fingerprint density at radius 1 is 1.25 bits per heavy atom. The molecule has 0 spiro atoms. The minimum atomic E-state index is 0.0170. The summed E-state index contributed by atoms with van der Waals surface area (Å²) in [6.45, 7) is 6.45. The number of fused-ring (bicyclic) bond motifs is 3. The summed E-state index contributed by atoms with van der Waals surface area (Å²) < 4.78 is 5.30. The molecule has 0 atom stereocenters. The second-order valence-corrected chi connectivity index (χ2v) is 6.32. The van der Waals surface area contributed by atoms with Crippen molar-refractivity contribution in [3.63, 3.8) is 0 Å². The molecule has 106 valence electrons. The van der Waals surface area contributed by atoms with Crippen LogP contribution in [-0.2, 0) is 12.8 Å². The van der Waals surface area contributed by atoms with Crippen LogP contribution in [0.1, 0.15) is 31.9 Å².